The largest absolute Gasteiger partial charge is 0.495 e. The molecule has 3 nitrogen and oxygen atoms in total. The summed E-state index contributed by atoms with van der Waals surface area (Å²) in [6.07, 6.45) is 0. The molecule has 0 fully saturated rings. The third kappa shape index (κ3) is 5.22. The van der Waals surface area contributed by atoms with E-state index < -0.39 is 0 Å². The number of anilines is 1. The molecule has 0 amide bonds. The molecular weight excluding hydrogens is 396 g/mol. The van der Waals surface area contributed by atoms with Crippen LogP contribution in [-0.2, 0) is 13.1 Å². The van der Waals surface area contributed by atoms with Crippen LogP contribution in [0, 0.1) is 6.92 Å². The Bertz CT molecular complexity index is 898. The SMILES string of the molecule is COc1cc(Cl)c(C)cc1NC(=S)N(Cc1ccccc1)Cc1cccs1. The van der Waals surface area contributed by atoms with Gasteiger partial charge in [-0.3, -0.25) is 0 Å². The van der Waals surface area contributed by atoms with E-state index in [1.807, 2.05) is 37.3 Å². The van der Waals surface area contributed by atoms with Gasteiger partial charge in [0.2, 0.25) is 0 Å². The second-order valence-electron chi connectivity index (χ2n) is 6.15. The number of nitrogens with zero attached hydrogens (tertiary/aromatic N) is 1. The van der Waals surface area contributed by atoms with Crippen molar-refractivity contribution in [3.63, 3.8) is 0 Å². The van der Waals surface area contributed by atoms with Crippen molar-refractivity contribution in [3.05, 3.63) is 81.0 Å². The summed E-state index contributed by atoms with van der Waals surface area (Å²) in [5, 5.41) is 6.74. The van der Waals surface area contributed by atoms with Crippen molar-refractivity contribution in [3.8, 4) is 5.75 Å². The van der Waals surface area contributed by atoms with Crippen LogP contribution in [0.3, 0.4) is 0 Å². The molecule has 6 heteroatoms. The van der Waals surface area contributed by atoms with Gasteiger partial charge in [0.15, 0.2) is 5.11 Å². The lowest BCUT2D eigenvalue weighted by atomic mass is 10.2. The quantitative estimate of drug-likeness (QED) is 0.489. The Hall–Kier alpha value is -2.08. The van der Waals surface area contributed by atoms with Gasteiger partial charge in [0, 0.05) is 22.5 Å². The van der Waals surface area contributed by atoms with Gasteiger partial charge in [-0.15, -0.1) is 11.3 Å². The third-order valence-electron chi connectivity index (χ3n) is 4.15. The number of aryl methyl sites for hydroxylation is 1. The number of hydrogen-bond donors (Lipinski definition) is 1. The van der Waals surface area contributed by atoms with Crippen LogP contribution in [0.15, 0.2) is 60.0 Å². The van der Waals surface area contributed by atoms with Crippen molar-refractivity contribution in [2.24, 2.45) is 0 Å². The van der Waals surface area contributed by atoms with Gasteiger partial charge < -0.3 is 15.0 Å². The molecule has 1 N–H and O–H groups in total. The molecule has 0 radical (unpaired) electrons. The number of benzene rings is 2. The molecule has 0 aliphatic rings. The lowest BCUT2D eigenvalue weighted by Gasteiger charge is -2.26. The molecule has 0 spiro atoms. The number of ether oxygens (including phenoxy) is 1. The number of hydrogen-bond acceptors (Lipinski definition) is 3. The van der Waals surface area contributed by atoms with Gasteiger partial charge in [-0.2, -0.15) is 0 Å². The molecule has 1 heterocycles. The standard InChI is InChI=1S/C21H21ClN2OS2/c1-15-11-19(20(25-2)12-18(15)22)23-21(26)24(14-17-9-6-10-27-17)13-16-7-4-3-5-8-16/h3-12H,13-14H2,1-2H3,(H,23,26). The molecule has 0 saturated carbocycles. The zero-order chi connectivity index (χ0) is 19.2. The highest BCUT2D eigenvalue weighted by Gasteiger charge is 2.15. The van der Waals surface area contributed by atoms with Crippen molar-refractivity contribution in [1.29, 1.82) is 0 Å². The Morgan fingerprint density at radius 3 is 2.59 bits per heavy atom. The number of halogens is 1. The van der Waals surface area contributed by atoms with E-state index in [1.54, 1.807) is 18.4 Å². The van der Waals surface area contributed by atoms with Gasteiger partial charge in [0.05, 0.1) is 19.3 Å². The summed E-state index contributed by atoms with van der Waals surface area (Å²) in [6.45, 7) is 3.43. The summed E-state index contributed by atoms with van der Waals surface area (Å²) in [5.74, 6) is 0.670. The van der Waals surface area contributed by atoms with E-state index in [9.17, 15) is 0 Å². The summed E-state index contributed by atoms with van der Waals surface area (Å²) in [7, 11) is 1.63. The van der Waals surface area contributed by atoms with Crippen LogP contribution < -0.4 is 10.1 Å². The van der Waals surface area contributed by atoms with Crippen LogP contribution in [0.2, 0.25) is 5.02 Å². The lowest BCUT2D eigenvalue weighted by Crippen LogP contribution is -2.33. The maximum absolute atomic E-state index is 6.22. The van der Waals surface area contributed by atoms with E-state index in [2.05, 4.69) is 39.9 Å². The molecule has 0 bridgehead atoms. The lowest BCUT2D eigenvalue weighted by molar-refractivity contribution is 0.411. The van der Waals surface area contributed by atoms with Crippen LogP contribution in [0.25, 0.3) is 0 Å². The fourth-order valence-corrected chi connectivity index (χ4v) is 3.83. The molecule has 27 heavy (non-hydrogen) atoms. The van der Waals surface area contributed by atoms with E-state index in [4.69, 9.17) is 28.6 Å². The first-order chi connectivity index (χ1) is 13.1. The van der Waals surface area contributed by atoms with E-state index in [-0.39, 0.29) is 0 Å². The van der Waals surface area contributed by atoms with Crippen LogP contribution >= 0.6 is 35.2 Å². The number of methoxy groups -OCH3 is 1. The molecule has 1 aromatic heterocycles. The Kier molecular flexibility index (Phi) is 6.72. The van der Waals surface area contributed by atoms with Crippen LogP contribution in [-0.4, -0.2) is 17.1 Å². The van der Waals surface area contributed by atoms with Gasteiger partial charge in [-0.25, -0.2) is 0 Å². The smallest absolute Gasteiger partial charge is 0.174 e. The van der Waals surface area contributed by atoms with Gasteiger partial charge in [-0.05, 0) is 47.8 Å². The van der Waals surface area contributed by atoms with Crippen molar-refractivity contribution >= 4 is 46.0 Å². The van der Waals surface area contributed by atoms with Gasteiger partial charge in [0.1, 0.15) is 5.75 Å². The van der Waals surface area contributed by atoms with E-state index in [0.29, 0.717) is 15.9 Å². The average molecular weight is 417 g/mol. The number of rotatable bonds is 6. The Morgan fingerprint density at radius 2 is 1.93 bits per heavy atom. The van der Waals surface area contributed by atoms with Crippen molar-refractivity contribution in [2.75, 3.05) is 12.4 Å². The normalized spacial score (nSPS) is 10.5. The predicted molar refractivity (Wildman–Crippen MR) is 119 cm³/mol. The first-order valence-corrected chi connectivity index (χ1v) is 10.2. The summed E-state index contributed by atoms with van der Waals surface area (Å²) in [6, 6.07) is 18.3. The molecule has 2 aromatic carbocycles. The third-order valence-corrected chi connectivity index (χ3v) is 5.78. The minimum Gasteiger partial charge on any atom is -0.495 e. The van der Waals surface area contributed by atoms with E-state index in [1.165, 1.54) is 10.4 Å². The molecule has 0 aliphatic carbocycles. The monoisotopic (exact) mass is 416 g/mol. The maximum atomic E-state index is 6.22. The molecule has 3 aromatic rings. The molecule has 0 aliphatic heterocycles. The van der Waals surface area contributed by atoms with Crippen LogP contribution in [0.1, 0.15) is 16.0 Å². The van der Waals surface area contributed by atoms with Crippen molar-refractivity contribution in [1.82, 2.24) is 4.90 Å². The second kappa shape index (κ2) is 9.22. The average Bonchev–Trinajstić information content (AvgIpc) is 3.18. The summed E-state index contributed by atoms with van der Waals surface area (Å²) < 4.78 is 5.46. The van der Waals surface area contributed by atoms with Crippen molar-refractivity contribution < 1.29 is 4.74 Å². The van der Waals surface area contributed by atoms with Gasteiger partial charge >= 0.3 is 0 Å². The Morgan fingerprint density at radius 1 is 1.15 bits per heavy atom. The summed E-state index contributed by atoms with van der Waals surface area (Å²) in [5.41, 5.74) is 2.99. The molecule has 140 valence electrons. The predicted octanol–water partition coefficient (Wildman–Crippen LogP) is 6.12. The molecular formula is C21H21ClN2OS2. The molecule has 0 atom stereocenters. The molecule has 0 saturated heterocycles. The first-order valence-electron chi connectivity index (χ1n) is 8.53. The van der Waals surface area contributed by atoms with Crippen molar-refractivity contribution in [2.45, 2.75) is 20.0 Å². The minimum atomic E-state index is 0.646. The zero-order valence-corrected chi connectivity index (χ0v) is 17.6. The first kappa shape index (κ1) is 19.7. The van der Waals surface area contributed by atoms with Crippen LogP contribution in [0.5, 0.6) is 5.75 Å². The highest BCUT2D eigenvalue weighted by atomic mass is 35.5. The topological polar surface area (TPSA) is 24.5 Å². The summed E-state index contributed by atoms with van der Waals surface area (Å²) >= 11 is 13.7. The highest BCUT2D eigenvalue weighted by Crippen LogP contribution is 2.31. The number of thiocarbonyl (C=S) groups is 1. The van der Waals surface area contributed by atoms with Gasteiger partial charge in [-0.1, -0.05) is 48.0 Å². The Balaban J connectivity index is 1.83. The van der Waals surface area contributed by atoms with Crippen LogP contribution in [0.4, 0.5) is 5.69 Å². The Labute approximate surface area is 174 Å². The second-order valence-corrected chi connectivity index (χ2v) is 7.98. The maximum Gasteiger partial charge on any atom is 0.174 e. The zero-order valence-electron chi connectivity index (χ0n) is 15.2. The highest BCUT2D eigenvalue weighted by molar-refractivity contribution is 7.80. The van der Waals surface area contributed by atoms with E-state index >= 15 is 0 Å². The van der Waals surface area contributed by atoms with Gasteiger partial charge in [0.25, 0.3) is 0 Å². The molecule has 0 unspecified atom stereocenters. The molecule has 3 rings (SSSR count). The fraction of sp³-hybridized carbons (Fsp3) is 0.190. The van der Waals surface area contributed by atoms with E-state index in [0.717, 1.165) is 24.3 Å². The number of nitrogens with one attached hydrogen (secondary N) is 1. The summed E-state index contributed by atoms with van der Waals surface area (Å²) in [4.78, 5) is 3.41. The minimum absolute atomic E-state index is 0.646. The number of thiophene rings is 1. The fourth-order valence-electron chi connectivity index (χ4n) is 2.72.